The quantitative estimate of drug-likeness (QED) is 0.440. The molecule has 1 aliphatic heterocycles. The number of hydrogen-bond donors (Lipinski definition) is 1. The zero-order valence-corrected chi connectivity index (χ0v) is 22.1. The van der Waals surface area contributed by atoms with Gasteiger partial charge in [-0.2, -0.15) is 0 Å². The molecular formula is C28H30ClFN4O4. The molecule has 1 unspecified atom stereocenters. The number of piperazine rings is 1. The topological polar surface area (TPSA) is 84.0 Å². The van der Waals surface area contributed by atoms with E-state index in [0.29, 0.717) is 23.9 Å². The smallest absolute Gasteiger partial charge is 0.257 e. The molecule has 1 fully saturated rings. The molecule has 0 spiro atoms. The van der Waals surface area contributed by atoms with Crippen LogP contribution in [0, 0.1) is 12.7 Å². The van der Waals surface area contributed by atoms with E-state index in [4.69, 9.17) is 21.1 Å². The Balaban J connectivity index is 1.49. The van der Waals surface area contributed by atoms with E-state index in [1.54, 1.807) is 47.4 Å². The summed E-state index contributed by atoms with van der Waals surface area (Å²) in [4.78, 5) is 34.9. The second kappa shape index (κ2) is 12.8. The maximum atomic E-state index is 13.4. The molecule has 2 amide bonds. The number of carbonyl (C=O) groups excluding carboxylic acids is 2. The van der Waals surface area contributed by atoms with Crippen molar-refractivity contribution in [3.63, 3.8) is 0 Å². The number of carbonyl (C=O) groups is 2. The summed E-state index contributed by atoms with van der Waals surface area (Å²) in [6.07, 6.45) is 1.52. The molecule has 0 aliphatic carbocycles. The third kappa shape index (κ3) is 7.28. The SMILES string of the molecule is Cc1cc(Cl)ccc1Oc1ncccc1C(=O)NC(COCc1ccc(F)cc1)C(=O)N1CCN(C)CC1. The molecule has 2 aromatic carbocycles. The zero-order valence-electron chi connectivity index (χ0n) is 21.3. The molecule has 4 rings (SSSR count). The maximum Gasteiger partial charge on any atom is 0.257 e. The molecule has 1 aromatic heterocycles. The second-order valence-electron chi connectivity index (χ2n) is 9.16. The summed E-state index contributed by atoms with van der Waals surface area (Å²) in [5.74, 6) is -0.473. The average molecular weight is 541 g/mol. The van der Waals surface area contributed by atoms with Gasteiger partial charge in [-0.15, -0.1) is 0 Å². The van der Waals surface area contributed by atoms with E-state index in [-0.39, 0.29) is 36.4 Å². The van der Waals surface area contributed by atoms with Crippen LogP contribution in [-0.4, -0.2) is 72.5 Å². The van der Waals surface area contributed by atoms with Gasteiger partial charge in [0, 0.05) is 37.4 Å². The number of aryl methyl sites for hydroxylation is 1. The van der Waals surface area contributed by atoms with E-state index in [1.807, 2.05) is 14.0 Å². The summed E-state index contributed by atoms with van der Waals surface area (Å²) in [6.45, 7) is 4.54. The molecule has 200 valence electrons. The van der Waals surface area contributed by atoms with Gasteiger partial charge in [-0.05, 0) is 67.6 Å². The van der Waals surface area contributed by atoms with Crippen molar-refractivity contribution in [3.05, 3.63) is 88.3 Å². The minimum Gasteiger partial charge on any atom is -0.438 e. The summed E-state index contributed by atoms with van der Waals surface area (Å²) >= 11 is 6.05. The van der Waals surface area contributed by atoms with Crippen LogP contribution in [0.15, 0.2) is 60.8 Å². The molecule has 1 aliphatic rings. The van der Waals surface area contributed by atoms with Gasteiger partial charge in [0.2, 0.25) is 11.8 Å². The normalized spacial score (nSPS) is 14.7. The highest BCUT2D eigenvalue weighted by Gasteiger charge is 2.29. The van der Waals surface area contributed by atoms with Crippen molar-refractivity contribution in [2.45, 2.75) is 19.6 Å². The Bertz CT molecular complexity index is 1270. The molecule has 1 atom stereocenters. The first-order valence-corrected chi connectivity index (χ1v) is 12.7. The molecule has 10 heteroatoms. The summed E-state index contributed by atoms with van der Waals surface area (Å²) < 4.78 is 25.0. The highest BCUT2D eigenvalue weighted by atomic mass is 35.5. The third-order valence-electron chi connectivity index (χ3n) is 6.24. The number of ether oxygens (including phenoxy) is 2. The van der Waals surface area contributed by atoms with E-state index in [1.165, 1.54) is 18.3 Å². The van der Waals surface area contributed by atoms with Gasteiger partial charge in [-0.3, -0.25) is 9.59 Å². The average Bonchev–Trinajstić information content (AvgIpc) is 2.91. The first-order chi connectivity index (χ1) is 18.3. The van der Waals surface area contributed by atoms with Gasteiger partial charge in [-0.25, -0.2) is 9.37 Å². The van der Waals surface area contributed by atoms with Gasteiger partial charge in [0.25, 0.3) is 5.91 Å². The summed E-state index contributed by atoms with van der Waals surface area (Å²) in [5, 5.41) is 3.39. The van der Waals surface area contributed by atoms with Gasteiger partial charge in [0.1, 0.15) is 23.2 Å². The number of nitrogens with one attached hydrogen (secondary N) is 1. The number of amides is 2. The Labute approximate surface area is 226 Å². The van der Waals surface area contributed by atoms with Gasteiger partial charge in [-0.1, -0.05) is 23.7 Å². The second-order valence-corrected chi connectivity index (χ2v) is 9.60. The van der Waals surface area contributed by atoms with Crippen LogP contribution in [0.25, 0.3) is 0 Å². The van der Waals surface area contributed by atoms with Crippen LogP contribution in [-0.2, 0) is 16.1 Å². The van der Waals surface area contributed by atoms with Crippen LogP contribution in [0.2, 0.25) is 5.02 Å². The van der Waals surface area contributed by atoms with Crippen molar-refractivity contribution in [3.8, 4) is 11.6 Å². The predicted octanol–water partition coefficient (Wildman–Crippen LogP) is 4.06. The van der Waals surface area contributed by atoms with Crippen LogP contribution in [0.1, 0.15) is 21.5 Å². The van der Waals surface area contributed by atoms with E-state index in [0.717, 1.165) is 24.2 Å². The number of nitrogens with zero attached hydrogens (tertiary/aromatic N) is 3. The van der Waals surface area contributed by atoms with Gasteiger partial charge < -0.3 is 24.6 Å². The number of halogens is 2. The Morgan fingerprint density at radius 3 is 2.55 bits per heavy atom. The lowest BCUT2D eigenvalue weighted by Gasteiger charge is -2.34. The Morgan fingerprint density at radius 2 is 1.84 bits per heavy atom. The summed E-state index contributed by atoms with van der Waals surface area (Å²) in [7, 11) is 2.00. The van der Waals surface area contributed by atoms with Gasteiger partial charge >= 0.3 is 0 Å². The predicted molar refractivity (Wildman–Crippen MR) is 142 cm³/mol. The minimum atomic E-state index is -0.934. The van der Waals surface area contributed by atoms with Crippen molar-refractivity contribution < 1.29 is 23.5 Å². The van der Waals surface area contributed by atoms with Crippen molar-refractivity contribution in [1.29, 1.82) is 0 Å². The molecule has 1 saturated heterocycles. The van der Waals surface area contributed by atoms with Gasteiger partial charge in [0.05, 0.1) is 13.2 Å². The monoisotopic (exact) mass is 540 g/mol. The number of likely N-dealkylation sites (N-methyl/N-ethyl adjacent to an activating group) is 1. The van der Waals surface area contributed by atoms with Crippen molar-refractivity contribution in [2.75, 3.05) is 39.8 Å². The molecule has 38 heavy (non-hydrogen) atoms. The maximum absolute atomic E-state index is 13.4. The Hall–Kier alpha value is -3.53. The number of benzene rings is 2. The number of rotatable bonds is 9. The fourth-order valence-corrected chi connectivity index (χ4v) is 4.24. The highest BCUT2D eigenvalue weighted by molar-refractivity contribution is 6.30. The molecular weight excluding hydrogens is 511 g/mol. The fraction of sp³-hybridized carbons (Fsp3) is 0.321. The lowest BCUT2D eigenvalue weighted by Crippen LogP contribution is -2.55. The summed E-state index contributed by atoms with van der Waals surface area (Å²) in [5.41, 5.74) is 1.72. The highest BCUT2D eigenvalue weighted by Crippen LogP contribution is 2.28. The number of pyridine rings is 1. The van der Waals surface area contributed by atoms with Crippen LogP contribution in [0.5, 0.6) is 11.6 Å². The first-order valence-electron chi connectivity index (χ1n) is 12.3. The van der Waals surface area contributed by atoms with Crippen LogP contribution in [0.4, 0.5) is 4.39 Å². The molecule has 0 saturated carbocycles. The van der Waals surface area contributed by atoms with Crippen LogP contribution in [0.3, 0.4) is 0 Å². The van der Waals surface area contributed by atoms with E-state index < -0.39 is 11.9 Å². The largest absolute Gasteiger partial charge is 0.438 e. The van der Waals surface area contributed by atoms with Crippen molar-refractivity contribution in [2.24, 2.45) is 0 Å². The fourth-order valence-electron chi connectivity index (χ4n) is 4.01. The van der Waals surface area contributed by atoms with Crippen LogP contribution < -0.4 is 10.1 Å². The standard InChI is InChI=1S/C28H30ClFN4O4/c1-19-16-21(29)7-10-25(19)38-27-23(4-3-11-31-27)26(35)32-24(28(36)34-14-12-33(2)13-15-34)18-37-17-20-5-8-22(30)9-6-20/h3-11,16,24H,12-15,17-18H2,1-2H3,(H,32,35). The number of hydrogen-bond acceptors (Lipinski definition) is 6. The van der Waals surface area contributed by atoms with Crippen molar-refractivity contribution >= 4 is 23.4 Å². The molecule has 0 bridgehead atoms. The number of aromatic nitrogens is 1. The molecule has 2 heterocycles. The first kappa shape index (κ1) is 27.5. The van der Waals surface area contributed by atoms with Gasteiger partial charge in [0.15, 0.2) is 0 Å². The van der Waals surface area contributed by atoms with E-state index in [9.17, 15) is 14.0 Å². The van der Waals surface area contributed by atoms with Crippen LogP contribution >= 0.6 is 11.6 Å². The molecule has 0 radical (unpaired) electrons. The summed E-state index contributed by atoms with van der Waals surface area (Å²) in [6, 6.07) is 13.3. The third-order valence-corrected chi connectivity index (χ3v) is 6.48. The van der Waals surface area contributed by atoms with E-state index in [2.05, 4.69) is 15.2 Å². The Kier molecular flexibility index (Phi) is 9.28. The molecule has 8 nitrogen and oxygen atoms in total. The van der Waals surface area contributed by atoms with E-state index >= 15 is 0 Å². The van der Waals surface area contributed by atoms with Crippen molar-refractivity contribution in [1.82, 2.24) is 20.1 Å². The Morgan fingerprint density at radius 1 is 1.11 bits per heavy atom. The molecule has 3 aromatic rings. The zero-order chi connectivity index (χ0) is 27.1. The lowest BCUT2D eigenvalue weighted by molar-refractivity contribution is -0.136. The minimum absolute atomic E-state index is 0.0545. The lowest BCUT2D eigenvalue weighted by atomic mass is 10.2. The molecule has 1 N–H and O–H groups in total.